The smallest absolute Gasteiger partial charge is 0.347 e. The minimum Gasteiger partial charge on any atom is -0.385 e. The van der Waals surface area contributed by atoms with Crippen LogP contribution in [0.3, 0.4) is 0 Å². The summed E-state index contributed by atoms with van der Waals surface area (Å²) < 4.78 is 0. The highest BCUT2D eigenvalue weighted by Gasteiger charge is 2.53. The van der Waals surface area contributed by atoms with E-state index in [0.29, 0.717) is 5.84 Å². The number of amidine groups is 1. The first-order valence-electron chi connectivity index (χ1n) is 6.46. The Morgan fingerprint density at radius 2 is 2.17 bits per heavy atom. The van der Waals surface area contributed by atoms with Gasteiger partial charge in [0.05, 0.1) is 6.04 Å². The van der Waals surface area contributed by atoms with Crippen LogP contribution in [0, 0.1) is 17.8 Å². The molecule has 4 nitrogen and oxygen atoms in total. The molecule has 2 aliphatic rings. The van der Waals surface area contributed by atoms with Crippen molar-refractivity contribution in [2.45, 2.75) is 58.0 Å². The Kier molecular flexibility index (Phi) is 2.89. The van der Waals surface area contributed by atoms with Crippen molar-refractivity contribution in [3.8, 4) is 12.3 Å². The molecule has 1 fully saturated rings. The second-order valence-electron chi connectivity index (χ2n) is 6.22. The summed E-state index contributed by atoms with van der Waals surface area (Å²) in [6.45, 7) is 6.28. The van der Waals surface area contributed by atoms with Gasteiger partial charge in [-0.3, -0.25) is 4.90 Å². The summed E-state index contributed by atoms with van der Waals surface area (Å²) in [5.74, 6) is 3.08. The molecule has 1 saturated carbocycles. The van der Waals surface area contributed by atoms with Crippen LogP contribution in [-0.4, -0.2) is 28.3 Å². The third-order valence-electron chi connectivity index (χ3n) is 4.20. The van der Waals surface area contributed by atoms with Crippen molar-refractivity contribution in [2.24, 2.45) is 16.1 Å². The molecule has 2 rings (SSSR count). The van der Waals surface area contributed by atoms with Gasteiger partial charge in [0.25, 0.3) is 0 Å². The van der Waals surface area contributed by atoms with Gasteiger partial charge in [0.2, 0.25) is 0 Å². The predicted molar refractivity (Wildman–Crippen MR) is 72.1 cm³/mol. The van der Waals surface area contributed by atoms with Gasteiger partial charge in [-0.15, -0.1) is 6.42 Å². The zero-order valence-electron chi connectivity index (χ0n) is 11.4. The van der Waals surface area contributed by atoms with Crippen molar-refractivity contribution in [3.05, 3.63) is 0 Å². The summed E-state index contributed by atoms with van der Waals surface area (Å²) in [6, 6.07) is -0.549. The van der Waals surface area contributed by atoms with Gasteiger partial charge < -0.3 is 5.73 Å². The third-order valence-corrected chi connectivity index (χ3v) is 4.20. The lowest BCUT2D eigenvalue weighted by molar-refractivity contribution is 0.0774. The van der Waals surface area contributed by atoms with E-state index in [-0.39, 0.29) is 17.5 Å². The molecular formula is C14H21N3O. The zero-order valence-corrected chi connectivity index (χ0v) is 11.4. The van der Waals surface area contributed by atoms with E-state index in [1.165, 1.54) is 0 Å². The standard InChI is InChI=1S/C14H21N3O/c1-5-10(2)17-12(18)16-11(15)14(17)8-6-7-13(3,4)9-14/h1,10H,6-9H2,2-4H3,(H2,15,16,18). The van der Waals surface area contributed by atoms with E-state index in [1.54, 1.807) is 4.90 Å². The SMILES string of the molecule is C#CC(C)N1C(=O)N=C(N)C12CCCC(C)(C)C2. The normalized spacial score (nSPS) is 32.2. The topological polar surface area (TPSA) is 58.7 Å². The first-order valence-corrected chi connectivity index (χ1v) is 6.46. The van der Waals surface area contributed by atoms with Crippen LogP contribution in [0.5, 0.6) is 0 Å². The van der Waals surface area contributed by atoms with Gasteiger partial charge in [0.15, 0.2) is 0 Å². The molecule has 1 aliphatic carbocycles. The Hall–Kier alpha value is -1.50. The van der Waals surface area contributed by atoms with Gasteiger partial charge in [-0.25, -0.2) is 4.79 Å². The molecule has 2 N–H and O–H groups in total. The van der Waals surface area contributed by atoms with Crippen LogP contribution in [0.2, 0.25) is 0 Å². The molecular weight excluding hydrogens is 226 g/mol. The molecule has 0 bridgehead atoms. The molecule has 1 aliphatic heterocycles. The predicted octanol–water partition coefficient (Wildman–Crippen LogP) is 2.14. The number of rotatable bonds is 1. The van der Waals surface area contributed by atoms with Gasteiger partial charge in [0.1, 0.15) is 11.4 Å². The molecule has 4 heteroatoms. The third kappa shape index (κ3) is 1.78. The largest absolute Gasteiger partial charge is 0.385 e. The number of amides is 2. The van der Waals surface area contributed by atoms with E-state index in [4.69, 9.17) is 12.2 Å². The molecule has 1 spiro atoms. The molecule has 1 heterocycles. The number of nitrogens with two attached hydrogens (primary N) is 1. The lowest BCUT2D eigenvalue weighted by Crippen LogP contribution is -2.60. The van der Waals surface area contributed by atoms with Gasteiger partial charge in [-0.05, 0) is 31.6 Å². The fourth-order valence-corrected chi connectivity index (χ4v) is 3.43. The number of aliphatic imine (C=N–C) groups is 1. The van der Waals surface area contributed by atoms with Crippen molar-refractivity contribution in [1.82, 2.24) is 4.90 Å². The van der Waals surface area contributed by atoms with Crippen molar-refractivity contribution >= 4 is 11.9 Å². The van der Waals surface area contributed by atoms with E-state index < -0.39 is 5.54 Å². The van der Waals surface area contributed by atoms with Crippen LogP contribution >= 0.6 is 0 Å². The first kappa shape index (κ1) is 12.9. The molecule has 0 radical (unpaired) electrons. The number of terminal acetylenes is 1. The molecule has 0 aromatic rings. The van der Waals surface area contributed by atoms with E-state index >= 15 is 0 Å². The van der Waals surface area contributed by atoms with Crippen molar-refractivity contribution in [3.63, 3.8) is 0 Å². The molecule has 0 aromatic heterocycles. The Bertz CT molecular complexity index is 446. The number of urea groups is 1. The monoisotopic (exact) mass is 247 g/mol. The number of carbonyl (C=O) groups excluding carboxylic acids is 1. The van der Waals surface area contributed by atoms with Crippen LogP contribution < -0.4 is 5.73 Å². The lowest BCUT2D eigenvalue weighted by atomic mass is 9.67. The van der Waals surface area contributed by atoms with Crippen molar-refractivity contribution in [2.75, 3.05) is 0 Å². The maximum absolute atomic E-state index is 12.0. The van der Waals surface area contributed by atoms with E-state index in [2.05, 4.69) is 24.8 Å². The van der Waals surface area contributed by atoms with Gasteiger partial charge in [0, 0.05) is 0 Å². The number of carbonyl (C=O) groups is 1. The second kappa shape index (κ2) is 4.01. The average molecular weight is 247 g/mol. The fourth-order valence-electron chi connectivity index (χ4n) is 3.43. The van der Waals surface area contributed by atoms with E-state index in [9.17, 15) is 4.79 Å². The van der Waals surface area contributed by atoms with Crippen molar-refractivity contribution in [1.29, 1.82) is 0 Å². The van der Waals surface area contributed by atoms with E-state index in [0.717, 1.165) is 25.7 Å². The van der Waals surface area contributed by atoms with Gasteiger partial charge >= 0.3 is 6.03 Å². The second-order valence-corrected chi connectivity index (χ2v) is 6.22. The van der Waals surface area contributed by atoms with Crippen LogP contribution in [0.25, 0.3) is 0 Å². The highest BCUT2D eigenvalue weighted by atomic mass is 16.2. The maximum atomic E-state index is 12.0. The fraction of sp³-hybridized carbons (Fsp3) is 0.714. The Balaban J connectivity index is 2.42. The maximum Gasteiger partial charge on any atom is 0.347 e. The Morgan fingerprint density at radius 1 is 1.50 bits per heavy atom. The minimum atomic E-state index is -0.454. The summed E-state index contributed by atoms with van der Waals surface area (Å²) in [6.07, 6.45) is 9.38. The molecule has 2 unspecified atom stereocenters. The minimum absolute atomic E-state index is 0.162. The molecule has 98 valence electrons. The summed E-state index contributed by atoms with van der Waals surface area (Å²) in [5.41, 5.74) is 5.77. The van der Waals surface area contributed by atoms with Gasteiger partial charge in [-0.2, -0.15) is 4.99 Å². The number of nitrogens with zero attached hydrogens (tertiary/aromatic N) is 2. The summed E-state index contributed by atoms with van der Waals surface area (Å²) in [7, 11) is 0. The number of hydrogen-bond acceptors (Lipinski definition) is 2. The van der Waals surface area contributed by atoms with Crippen molar-refractivity contribution < 1.29 is 4.79 Å². The quantitative estimate of drug-likeness (QED) is 0.722. The zero-order chi connectivity index (χ0) is 13.6. The summed E-state index contributed by atoms with van der Waals surface area (Å²) >= 11 is 0. The summed E-state index contributed by atoms with van der Waals surface area (Å²) in [5, 5.41) is 0. The molecule has 2 amide bonds. The lowest BCUT2D eigenvalue weighted by Gasteiger charge is -2.48. The van der Waals surface area contributed by atoms with Crippen LogP contribution in [-0.2, 0) is 0 Å². The number of hydrogen-bond donors (Lipinski definition) is 1. The Morgan fingerprint density at radius 3 is 2.72 bits per heavy atom. The van der Waals surface area contributed by atoms with Gasteiger partial charge in [-0.1, -0.05) is 26.2 Å². The highest BCUT2D eigenvalue weighted by Crippen LogP contribution is 2.46. The summed E-state index contributed by atoms with van der Waals surface area (Å²) in [4.78, 5) is 17.7. The molecule has 0 saturated heterocycles. The molecule has 18 heavy (non-hydrogen) atoms. The molecule has 2 atom stereocenters. The Labute approximate surface area is 109 Å². The average Bonchev–Trinajstić information content (AvgIpc) is 2.48. The van der Waals surface area contributed by atoms with Crippen LogP contribution in [0.1, 0.15) is 46.5 Å². The first-order chi connectivity index (χ1) is 8.32. The van der Waals surface area contributed by atoms with Crippen LogP contribution in [0.4, 0.5) is 4.79 Å². The highest BCUT2D eigenvalue weighted by molar-refractivity contribution is 6.06. The molecule has 0 aromatic carbocycles. The van der Waals surface area contributed by atoms with E-state index in [1.807, 2.05) is 6.92 Å². The van der Waals surface area contributed by atoms with Crippen LogP contribution in [0.15, 0.2) is 4.99 Å².